The van der Waals surface area contributed by atoms with Crippen molar-refractivity contribution in [2.45, 2.75) is 57.5 Å². The molecule has 0 saturated heterocycles. The molecular weight excluding hydrogens is 489 g/mol. The van der Waals surface area contributed by atoms with Gasteiger partial charge in [-0.05, 0) is 73.9 Å². The van der Waals surface area contributed by atoms with Crippen molar-refractivity contribution in [2.24, 2.45) is 0 Å². The summed E-state index contributed by atoms with van der Waals surface area (Å²) in [5, 5.41) is 11.7. The minimum absolute atomic E-state index is 0.0744. The van der Waals surface area contributed by atoms with Crippen molar-refractivity contribution >= 4 is 11.8 Å². The second kappa shape index (κ2) is 11.5. The Morgan fingerprint density at radius 1 is 1.03 bits per heavy atom. The fourth-order valence-corrected chi connectivity index (χ4v) is 4.51. The number of methoxy groups -OCH3 is 1. The summed E-state index contributed by atoms with van der Waals surface area (Å²) in [5.74, 6) is 0.708. The molecule has 2 aromatic carbocycles. The first-order valence-corrected chi connectivity index (χ1v) is 12.1. The van der Waals surface area contributed by atoms with Crippen LogP contribution in [0.5, 0.6) is 11.5 Å². The van der Waals surface area contributed by atoms with Crippen molar-refractivity contribution in [1.29, 1.82) is 0 Å². The number of ether oxygens (including phenoxy) is 3. The number of nitrogens with zero attached hydrogens (tertiary/aromatic N) is 3. The van der Waals surface area contributed by atoms with Gasteiger partial charge in [0.2, 0.25) is 5.69 Å². The van der Waals surface area contributed by atoms with Crippen LogP contribution in [0.1, 0.15) is 60.1 Å². The van der Waals surface area contributed by atoms with E-state index in [2.05, 4.69) is 20.4 Å². The number of alkyl halides is 3. The highest BCUT2D eigenvalue weighted by Crippen LogP contribution is 2.35. The normalized spacial score (nSPS) is 17.8. The lowest BCUT2D eigenvalue weighted by Gasteiger charge is -2.30. The molecule has 0 radical (unpaired) electrons. The summed E-state index contributed by atoms with van der Waals surface area (Å²) in [6, 6.07) is 13.7. The lowest BCUT2D eigenvalue weighted by molar-refractivity contribution is -0.274. The molecule has 0 spiro atoms. The highest BCUT2D eigenvalue weighted by molar-refractivity contribution is 5.92. The maximum atomic E-state index is 12.5. The van der Waals surface area contributed by atoms with E-state index in [0.717, 1.165) is 42.6 Å². The Balaban J connectivity index is 1.43. The van der Waals surface area contributed by atoms with Crippen LogP contribution in [0.15, 0.2) is 48.5 Å². The van der Waals surface area contributed by atoms with Gasteiger partial charge < -0.3 is 19.5 Å². The highest BCUT2D eigenvalue weighted by atomic mass is 19.4. The number of rotatable bonds is 9. The van der Waals surface area contributed by atoms with E-state index in [0.29, 0.717) is 12.4 Å². The van der Waals surface area contributed by atoms with E-state index in [4.69, 9.17) is 9.47 Å². The second-order valence-corrected chi connectivity index (χ2v) is 8.82. The van der Waals surface area contributed by atoms with Gasteiger partial charge in [0.25, 0.3) is 0 Å². The monoisotopic (exact) mass is 518 g/mol. The summed E-state index contributed by atoms with van der Waals surface area (Å²) in [7, 11) is 1.60. The molecule has 0 bridgehead atoms. The molecule has 1 saturated carbocycles. The SMILES string of the molecule is CCOC(=O)c1nnn(Cc2ccc(OC)cc2)c1N[C@H]1CC[C@H](c2ccc(OC(F)(F)F)cc2)CC1. The number of nitrogens with one attached hydrogen (secondary N) is 1. The topological polar surface area (TPSA) is 87.5 Å². The van der Waals surface area contributed by atoms with Gasteiger partial charge in [-0.3, -0.25) is 0 Å². The number of carbonyl (C=O) groups excluding carboxylic acids is 1. The fourth-order valence-electron chi connectivity index (χ4n) is 4.51. The molecule has 8 nitrogen and oxygen atoms in total. The number of esters is 1. The van der Waals surface area contributed by atoms with Crippen LogP contribution in [0, 0.1) is 0 Å². The Morgan fingerprint density at radius 2 is 1.68 bits per heavy atom. The third-order valence-corrected chi connectivity index (χ3v) is 6.35. The van der Waals surface area contributed by atoms with Crippen molar-refractivity contribution < 1.29 is 32.2 Å². The van der Waals surface area contributed by atoms with Gasteiger partial charge in [-0.1, -0.05) is 29.5 Å². The zero-order chi connectivity index (χ0) is 26.4. The van der Waals surface area contributed by atoms with Gasteiger partial charge in [0.15, 0.2) is 5.82 Å². The lowest BCUT2D eigenvalue weighted by atomic mass is 9.81. The molecule has 1 aliphatic rings. The van der Waals surface area contributed by atoms with Crippen molar-refractivity contribution in [2.75, 3.05) is 19.0 Å². The summed E-state index contributed by atoms with van der Waals surface area (Å²) in [6.45, 7) is 2.36. The van der Waals surface area contributed by atoms with Crippen molar-refractivity contribution in [3.8, 4) is 11.5 Å². The maximum absolute atomic E-state index is 12.5. The number of aromatic nitrogens is 3. The third kappa shape index (κ3) is 6.93. The minimum atomic E-state index is -4.71. The fraction of sp³-hybridized carbons (Fsp3) is 0.423. The molecule has 1 aromatic heterocycles. The molecule has 37 heavy (non-hydrogen) atoms. The van der Waals surface area contributed by atoms with Gasteiger partial charge in [0.1, 0.15) is 11.5 Å². The zero-order valence-corrected chi connectivity index (χ0v) is 20.6. The first-order chi connectivity index (χ1) is 17.8. The quantitative estimate of drug-likeness (QED) is 0.372. The molecule has 0 aliphatic heterocycles. The third-order valence-electron chi connectivity index (χ3n) is 6.35. The smallest absolute Gasteiger partial charge is 0.497 e. The first-order valence-electron chi connectivity index (χ1n) is 12.1. The number of carbonyl (C=O) groups is 1. The first kappa shape index (κ1) is 26.3. The second-order valence-electron chi connectivity index (χ2n) is 8.82. The summed E-state index contributed by atoms with van der Waals surface area (Å²) in [5.41, 5.74) is 2.08. The van der Waals surface area contributed by atoms with Crippen molar-refractivity contribution in [1.82, 2.24) is 15.0 Å². The summed E-state index contributed by atoms with van der Waals surface area (Å²) < 4.78 is 53.3. The van der Waals surface area contributed by atoms with Crippen LogP contribution >= 0.6 is 0 Å². The van der Waals surface area contributed by atoms with Crippen molar-refractivity contribution in [3.05, 3.63) is 65.4 Å². The molecule has 1 N–H and O–H groups in total. The van der Waals surface area contributed by atoms with E-state index in [1.54, 1.807) is 30.8 Å². The molecule has 0 atom stereocenters. The molecular formula is C26H29F3N4O4. The van der Waals surface area contributed by atoms with Crippen LogP contribution in [0.25, 0.3) is 0 Å². The predicted octanol–water partition coefficient (Wildman–Crippen LogP) is 5.55. The summed E-state index contributed by atoms with van der Waals surface area (Å²) in [6.07, 6.45) is -1.41. The van der Waals surface area contributed by atoms with E-state index >= 15 is 0 Å². The molecule has 0 amide bonds. The van der Waals surface area contributed by atoms with Crippen LogP contribution in [-0.4, -0.2) is 47.1 Å². The average molecular weight is 519 g/mol. The Labute approximate surface area is 212 Å². The van der Waals surface area contributed by atoms with Crippen LogP contribution in [0.4, 0.5) is 19.0 Å². The molecule has 198 valence electrons. The van der Waals surface area contributed by atoms with Gasteiger partial charge >= 0.3 is 12.3 Å². The predicted molar refractivity (Wildman–Crippen MR) is 130 cm³/mol. The van der Waals surface area contributed by atoms with Crippen LogP contribution < -0.4 is 14.8 Å². The summed E-state index contributed by atoms with van der Waals surface area (Å²) in [4.78, 5) is 12.5. The molecule has 0 unspecified atom stereocenters. The highest BCUT2D eigenvalue weighted by Gasteiger charge is 2.31. The van der Waals surface area contributed by atoms with Gasteiger partial charge in [-0.15, -0.1) is 18.3 Å². The zero-order valence-electron chi connectivity index (χ0n) is 20.6. The largest absolute Gasteiger partial charge is 0.573 e. The number of hydrogen-bond donors (Lipinski definition) is 1. The maximum Gasteiger partial charge on any atom is 0.573 e. The molecule has 4 rings (SSSR count). The van der Waals surface area contributed by atoms with Crippen LogP contribution in [0.3, 0.4) is 0 Å². The molecule has 11 heteroatoms. The number of halogens is 3. The van der Waals surface area contributed by atoms with E-state index in [1.807, 2.05) is 24.3 Å². The van der Waals surface area contributed by atoms with Gasteiger partial charge in [0.05, 0.1) is 20.3 Å². The Morgan fingerprint density at radius 3 is 2.27 bits per heavy atom. The van der Waals surface area contributed by atoms with Gasteiger partial charge in [-0.2, -0.15) is 0 Å². The van der Waals surface area contributed by atoms with Crippen LogP contribution in [-0.2, 0) is 11.3 Å². The molecule has 1 fully saturated rings. The van der Waals surface area contributed by atoms with E-state index < -0.39 is 12.3 Å². The lowest BCUT2D eigenvalue weighted by Crippen LogP contribution is -2.28. The number of hydrogen-bond acceptors (Lipinski definition) is 7. The van der Waals surface area contributed by atoms with Crippen molar-refractivity contribution in [3.63, 3.8) is 0 Å². The van der Waals surface area contributed by atoms with Gasteiger partial charge in [0, 0.05) is 6.04 Å². The molecule has 1 aliphatic carbocycles. The van der Waals surface area contributed by atoms with Gasteiger partial charge in [-0.25, -0.2) is 9.48 Å². The average Bonchev–Trinajstić information content (AvgIpc) is 3.26. The molecule has 3 aromatic rings. The Kier molecular flexibility index (Phi) is 8.20. The van der Waals surface area contributed by atoms with E-state index in [-0.39, 0.29) is 30.0 Å². The van der Waals surface area contributed by atoms with E-state index in [9.17, 15) is 18.0 Å². The standard InChI is InChI=1S/C26H29F3N4O4/c1-3-36-25(34)23-24(33(32-31-23)16-17-4-12-21(35-2)13-5-17)30-20-10-6-18(7-11-20)19-8-14-22(15-9-19)37-26(27,28)29/h4-5,8-9,12-15,18,20,30H,3,6-7,10-11,16H2,1-2H3/t18-,20-. The van der Waals surface area contributed by atoms with Crippen LogP contribution in [0.2, 0.25) is 0 Å². The minimum Gasteiger partial charge on any atom is -0.497 e. The van der Waals surface area contributed by atoms with E-state index in [1.165, 1.54) is 12.1 Å². The molecule has 1 heterocycles. The Hall–Kier alpha value is -3.76. The summed E-state index contributed by atoms with van der Waals surface area (Å²) >= 11 is 0. The Bertz CT molecular complexity index is 1170. The number of anilines is 1. The number of benzene rings is 2.